The van der Waals surface area contributed by atoms with Gasteiger partial charge in [0.15, 0.2) is 0 Å². The molecule has 6 heteroatoms. The minimum atomic E-state index is -0.607. The Balaban J connectivity index is 1.98. The van der Waals surface area contributed by atoms with Gasteiger partial charge in [-0.3, -0.25) is 9.59 Å². The van der Waals surface area contributed by atoms with Crippen LogP contribution in [-0.2, 0) is 11.3 Å². The van der Waals surface area contributed by atoms with Crippen LogP contribution in [-0.4, -0.2) is 23.3 Å². The first-order valence-corrected chi connectivity index (χ1v) is 7.70. The molecule has 2 aromatic carbocycles. The number of anilines is 1. The molecule has 0 saturated heterocycles. The van der Waals surface area contributed by atoms with E-state index in [0.717, 1.165) is 16.7 Å². The molecule has 5 nitrogen and oxygen atoms in total. The Bertz CT molecular complexity index is 877. The zero-order valence-electron chi connectivity index (χ0n) is 12.9. The van der Waals surface area contributed by atoms with Crippen LogP contribution in [0.1, 0.15) is 15.9 Å². The molecule has 24 heavy (non-hydrogen) atoms. The minimum absolute atomic E-state index is 0.116. The summed E-state index contributed by atoms with van der Waals surface area (Å²) < 4.78 is 0. The van der Waals surface area contributed by atoms with Crippen molar-refractivity contribution in [2.24, 2.45) is 5.73 Å². The topological polar surface area (TPSA) is 89.4 Å². The van der Waals surface area contributed by atoms with E-state index in [1.807, 2.05) is 18.2 Å². The van der Waals surface area contributed by atoms with Crippen molar-refractivity contribution in [3.63, 3.8) is 0 Å². The molecule has 0 aliphatic carbocycles. The third kappa shape index (κ3) is 2.74. The fourth-order valence-electron chi connectivity index (χ4n) is 2.79. The summed E-state index contributed by atoms with van der Waals surface area (Å²) in [6.07, 6.45) is 0. The summed E-state index contributed by atoms with van der Waals surface area (Å²) in [7, 11) is 0. The quantitative estimate of drug-likeness (QED) is 0.661. The van der Waals surface area contributed by atoms with E-state index in [-0.39, 0.29) is 18.0 Å². The number of carbonyl (C=O) groups is 2. The van der Waals surface area contributed by atoms with Gasteiger partial charge in [0.2, 0.25) is 5.91 Å². The van der Waals surface area contributed by atoms with Gasteiger partial charge in [0.25, 0.3) is 5.91 Å². The highest BCUT2D eigenvalue weighted by Crippen LogP contribution is 2.35. The lowest BCUT2D eigenvalue weighted by Gasteiger charge is -2.16. The molecule has 0 saturated carbocycles. The molecule has 3 rings (SSSR count). The Morgan fingerprint density at radius 2 is 1.96 bits per heavy atom. The van der Waals surface area contributed by atoms with Gasteiger partial charge in [-0.05, 0) is 34.9 Å². The molecule has 0 aromatic heterocycles. The van der Waals surface area contributed by atoms with E-state index in [1.165, 1.54) is 0 Å². The summed E-state index contributed by atoms with van der Waals surface area (Å²) in [5, 5.41) is 0.466. The number of rotatable bonds is 4. The first kappa shape index (κ1) is 16.1. The lowest BCUT2D eigenvalue weighted by molar-refractivity contribution is -0.114. The third-order valence-electron chi connectivity index (χ3n) is 4.08. The van der Waals surface area contributed by atoms with E-state index in [1.54, 1.807) is 23.1 Å². The lowest BCUT2D eigenvalue weighted by Crippen LogP contribution is -2.30. The molecule has 0 fully saturated rings. The maximum Gasteiger partial charge on any atom is 0.254 e. The minimum Gasteiger partial charge on any atom is -0.398 e. The van der Waals surface area contributed by atoms with Crippen LogP contribution >= 0.6 is 11.6 Å². The number of nitrogens with two attached hydrogens (primary N) is 2. The van der Waals surface area contributed by atoms with E-state index in [0.29, 0.717) is 22.8 Å². The Labute approximate surface area is 144 Å². The number of benzene rings is 2. The van der Waals surface area contributed by atoms with Crippen molar-refractivity contribution in [3.8, 4) is 11.1 Å². The lowest BCUT2D eigenvalue weighted by atomic mass is 9.97. The maximum absolute atomic E-state index is 12.5. The Morgan fingerprint density at radius 1 is 1.25 bits per heavy atom. The van der Waals surface area contributed by atoms with Gasteiger partial charge in [-0.1, -0.05) is 36.4 Å². The van der Waals surface area contributed by atoms with E-state index < -0.39 is 5.91 Å². The summed E-state index contributed by atoms with van der Waals surface area (Å²) in [4.78, 5) is 25.3. The van der Waals surface area contributed by atoms with Crippen LogP contribution < -0.4 is 11.5 Å². The summed E-state index contributed by atoms with van der Waals surface area (Å²) in [5.74, 6) is -0.750. The Hall–Kier alpha value is -2.79. The van der Waals surface area contributed by atoms with Crippen molar-refractivity contribution in [1.82, 2.24) is 4.90 Å². The molecule has 122 valence electrons. The second-order valence-electron chi connectivity index (χ2n) is 5.70. The second-order valence-corrected chi connectivity index (χ2v) is 6.10. The molecule has 4 N–H and O–H groups in total. The Morgan fingerprint density at radius 3 is 2.62 bits per heavy atom. The van der Waals surface area contributed by atoms with Crippen LogP contribution in [0, 0.1) is 0 Å². The highest BCUT2D eigenvalue weighted by molar-refractivity contribution is 6.33. The number of nitrogens with zero attached hydrogens (tertiary/aromatic N) is 1. The molecule has 0 bridgehead atoms. The van der Waals surface area contributed by atoms with Gasteiger partial charge in [-0.25, -0.2) is 0 Å². The molecule has 0 radical (unpaired) electrons. The zero-order valence-corrected chi connectivity index (χ0v) is 13.6. The number of hydrogen-bond acceptors (Lipinski definition) is 3. The van der Waals surface area contributed by atoms with Crippen LogP contribution in [0.2, 0.25) is 5.02 Å². The van der Waals surface area contributed by atoms with Gasteiger partial charge in [-0.2, -0.15) is 0 Å². The summed E-state index contributed by atoms with van der Waals surface area (Å²) in [6.45, 7) is 4.12. The van der Waals surface area contributed by atoms with E-state index in [4.69, 9.17) is 23.1 Å². The number of halogens is 1. The highest BCUT2D eigenvalue weighted by atomic mass is 35.5. The molecule has 0 atom stereocenters. The van der Waals surface area contributed by atoms with Gasteiger partial charge in [0, 0.05) is 17.7 Å². The summed E-state index contributed by atoms with van der Waals surface area (Å²) in [5.41, 5.74) is 15.0. The van der Waals surface area contributed by atoms with E-state index in [9.17, 15) is 9.59 Å². The van der Waals surface area contributed by atoms with Gasteiger partial charge < -0.3 is 16.4 Å². The van der Waals surface area contributed by atoms with E-state index >= 15 is 0 Å². The Kier molecular flexibility index (Phi) is 4.03. The molecular formula is C18H16ClN3O2. The second kappa shape index (κ2) is 6.02. The van der Waals surface area contributed by atoms with Gasteiger partial charge >= 0.3 is 0 Å². The monoisotopic (exact) mass is 341 g/mol. The zero-order chi connectivity index (χ0) is 17.4. The molecule has 1 aliphatic heterocycles. The molecule has 2 amide bonds. The van der Waals surface area contributed by atoms with Gasteiger partial charge in [0.05, 0.1) is 17.3 Å². The standard InChI is InChI=1S/C18H16ClN3O2/c1-10(17(21)23)8-22-9-14-12(3-2-4-13(14)18(22)24)11-5-6-16(20)15(19)7-11/h2-7H,1,8-9,20H2,(H2,21,23). The van der Waals surface area contributed by atoms with Crippen molar-refractivity contribution in [2.75, 3.05) is 12.3 Å². The fourth-order valence-corrected chi connectivity index (χ4v) is 2.97. The summed E-state index contributed by atoms with van der Waals surface area (Å²) >= 11 is 6.11. The van der Waals surface area contributed by atoms with Crippen molar-refractivity contribution in [2.45, 2.75) is 6.54 Å². The van der Waals surface area contributed by atoms with Crippen molar-refractivity contribution in [3.05, 3.63) is 64.7 Å². The van der Waals surface area contributed by atoms with Crippen LogP contribution in [0.3, 0.4) is 0 Å². The maximum atomic E-state index is 12.5. The number of amides is 2. The SMILES string of the molecule is C=C(CN1Cc2c(cccc2-c2ccc(N)c(Cl)c2)C1=O)C(N)=O. The molecular weight excluding hydrogens is 326 g/mol. The fraction of sp³-hybridized carbons (Fsp3) is 0.111. The number of hydrogen-bond donors (Lipinski definition) is 2. The van der Waals surface area contributed by atoms with Crippen LogP contribution in [0.25, 0.3) is 11.1 Å². The van der Waals surface area contributed by atoms with Crippen molar-refractivity contribution < 1.29 is 9.59 Å². The predicted molar refractivity (Wildman–Crippen MR) is 94.4 cm³/mol. The largest absolute Gasteiger partial charge is 0.398 e. The molecule has 2 aromatic rings. The molecule has 1 heterocycles. The van der Waals surface area contributed by atoms with Gasteiger partial charge in [0.1, 0.15) is 0 Å². The van der Waals surface area contributed by atoms with Gasteiger partial charge in [-0.15, -0.1) is 0 Å². The molecule has 0 unspecified atom stereocenters. The number of nitrogen functional groups attached to an aromatic ring is 1. The van der Waals surface area contributed by atoms with Crippen molar-refractivity contribution in [1.29, 1.82) is 0 Å². The normalized spacial score (nSPS) is 13.0. The van der Waals surface area contributed by atoms with E-state index in [2.05, 4.69) is 6.58 Å². The first-order chi connectivity index (χ1) is 11.4. The third-order valence-corrected chi connectivity index (χ3v) is 4.41. The van der Waals surface area contributed by atoms with Crippen LogP contribution in [0.4, 0.5) is 5.69 Å². The number of fused-ring (bicyclic) bond motifs is 1. The molecule has 0 spiro atoms. The van der Waals surface area contributed by atoms with Crippen molar-refractivity contribution >= 4 is 29.1 Å². The van der Waals surface area contributed by atoms with Crippen LogP contribution in [0.5, 0.6) is 0 Å². The highest BCUT2D eigenvalue weighted by Gasteiger charge is 2.30. The summed E-state index contributed by atoms with van der Waals surface area (Å²) in [6, 6.07) is 10.9. The average molecular weight is 342 g/mol. The van der Waals surface area contributed by atoms with Crippen LogP contribution in [0.15, 0.2) is 48.6 Å². The first-order valence-electron chi connectivity index (χ1n) is 7.32. The number of carbonyl (C=O) groups excluding carboxylic acids is 2. The number of primary amides is 1. The molecule has 1 aliphatic rings. The smallest absolute Gasteiger partial charge is 0.254 e. The predicted octanol–water partition coefficient (Wildman–Crippen LogP) is 2.59. The average Bonchev–Trinajstić information content (AvgIpc) is 2.86.